The average molecular weight is 254 g/mol. The van der Waals surface area contributed by atoms with E-state index in [2.05, 4.69) is 0 Å². The van der Waals surface area contributed by atoms with Crippen molar-refractivity contribution < 1.29 is 13.6 Å². The van der Waals surface area contributed by atoms with E-state index in [1.807, 2.05) is 13.0 Å². The van der Waals surface area contributed by atoms with Crippen LogP contribution in [-0.2, 0) is 19.4 Å². The maximum absolute atomic E-state index is 13.5. The monoisotopic (exact) mass is 254 g/mol. The molecule has 1 amide bonds. The molecule has 0 spiro atoms. The Bertz CT molecular complexity index is 507. The Morgan fingerprint density at radius 1 is 1.39 bits per heavy atom. The van der Waals surface area contributed by atoms with Crippen molar-refractivity contribution in [3.8, 4) is 0 Å². The summed E-state index contributed by atoms with van der Waals surface area (Å²) in [6.45, 7) is 3.87. The van der Waals surface area contributed by atoms with Crippen molar-refractivity contribution in [1.82, 2.24) is 9.47 Å². The van der Waals surface area contributed by atoms with Crippen LogP contribution in [0.1, 0.15) is 35.1 Å². The molecule has 1 aromatic rings. The molecule has 5 heteroatoms. The van der Waals surface area contributed by atoms with Gasteiger partial charge in [-0.1, -0.05) is 0 Å². The normalized spacial score (nSPS) is 21.7. The van der Waals surface area contributed by atoms with Crippen LogP contribution in [0.25, 0.3) is 0 Å². The standard InChI is InChI=1S/C13H16F2N2O/c1-2-16-5-6-17-10(12(16)18)7-9-3-4-13(14,15)8-11(9)17/h7H,2-6,8H2,1H3. The zero-order chi connectivity index (χ0) is 12.9. The average Bonchev–Trinajstić information content (AvgIpc) is 2.67. The van der Waals surface area contributed by atoms with E-state index >= 15 is 0 Å². The van der Waals surface area contributed by atoms with Crippen molar-refractivity contribution in [2.75, 3.05) is 13.1 Å². The Hall–Kier alpha value is -1.39. The van der Waals surface area contributed by atoms with Gasteiger partial charge in [-0.2, -0.15) is 0 Å². The number of likely N-dealkylation sites (N-methyl/N-ethyl adjacent to an activating group) is 1. The second kappa shape index (κ2) is 3.80. The van der Waals surface area contributed by atoms with Crippen LogP contribution in [0.15, 0.2) is 6.07 Å². The van der Waals surface area contributed by atoms with E-state index in [1.54, 1.807) is 9.47 Å². The van der Waals surface area contributed by atoms with Crippen LogP contribution in [0, 0.1) is 0 Å². The molecule has 3 nitrogen and oxygen atoms in total. The van der Waals surface area contributed by atoms with Gasteiger partial charge in [-0.3, -0.25) is 4.79 Å². The van der Waals surface area contributed by atoms with Gasteiger partial charge in [0.25, 0.3) is 11.8 Å². The molecule has 0 saturated heterocycles. The lowest BCUT2D eigenvalue weighted by Gasteiger charge is -2.29. The topological polar surface area (TPSA) is 25.2 Å². The molecule has 18 heavy (non-hydrogen) atoms. The zero-order valence-corrected chi connectivity index (χ0v) is 10.4. The molecular weight excluding hydrogens is 238 g/mol. The third-order valence-electron chi connectivity index (χ3n) is 3.97. The largest absolute Gasteiger partial charge is 0.338 e. The van der Waals surface area contributed by atoms with Gasteiger partial charge in [0.2, 0.25) is 0 Å². The second-order valence-electron chi connectivity index (χ2n) is 5.07. The molecule has 0 radical (unpaired) electrons. The number of nitrogens with zero attached hydrogens (tertiary/aromatic N) is 2. The molecule has 0 atom stereocenters. The zero-order valence-electron chi connectivity index (χ0n) is 10.4. The van der Waals surface area contributed by atoms with E-state index in [1.165, 1.54) is 0 Å². The predicted molar refractivity (Wildman–Crippen MR) is 63.0 cm³/mol. The van der Waals surface area contributed by atoms with Crippen LogP contribution in [-0.4, -0.2) is 34.4 Å². The summed E-state index contributed by atoms with van der Waals surface area (Å²) >= 11 is 0. The number of carbonyl (C=O) groups is 1. The minimum absolute atomic E-state index is 0.0264. The fraction of sp³-hybridized carbons (Fsp3) is 0.615. The van der Waals surface area contributed by atoms with E-state index in [9.17, 15) is 13.6 Å². The molecule has 1 aliphatic heterocycles. The maximum Gasteiger partial charge on any atom is 0.270 e. The Labute approximate surface area is 104 Å². The van der Waals surface area contributed by atoms with Crippen molar-refractivity contribution in [3.05, 3.63) is 23.0 Å². The fourth-order valence-electron chi connectivity index (χ4n) is 2.94. The molecule has 3 rings (SSSR count). The Kier molecular flexibility index (Phi) is 2.47. The molecule has 0 bridgehead atoms. The highest BCUT2D eigenvalue weighted by Gasteiger charge is 2.38. The highest BCUT2D eigenvalue weighted by atomic mass is 19.3. The summed E-state index contributed by atoms with van der Waals surface area (Å²) in [7, 11) is 0. The summed E-state index contributed by atoms with van der Waals surface area (Å²) in [6, 6.07) is 1.81. The lowest BCUT2D eigenvalue weighted by Crippen LogP contribution is -2.40. The predicted octanol–water partition coefficient (Wildman–Crippen LogP) is 2.09. The summed E-state index contributed by atoms with van der Waals surface area (Å²) in [5, 5.41) is 0. The number of hydrogen-bond acceptors (Lipinski definition) is 1. The molecule has 0 unspecified atom stereocenters. The lowest BCUT2D eigenvalue weighted by atomic mass is 9.94. The fourth-order valence-corrected chi connectivity index (χ4v) is 2.94. The number of fused-ring (bicyclic) bond motifs is 3. The number of aromatic nitrogens is 1. The number of hydrogen-bond donors (Lipinski definition) is 0. The molecule has 0 aromatic carbocycles. The van der Waals surface area contributed by atoms with Gasteiger partial charge in [0.1, 0.15) is 5.69 Å². The van der Waals surface area contributed by atoms with Crippen LogP contribution >= 0.6 is 0 Å². The van der Waals surface area contributed by atoms with Gasteiger partial charge in [0, 0.05) is 31.7 Å². The highest BCUT2D eigenvalue weighted by Crippen LogP contribution is 2.35. The van der Waals surface area contributed by atoms with Crippen molar-refractivity contribution in [1.29, 1.82) is 0 Å². The van der Waals surface area contributed by atoms with Gasteiger partial charge in [-0.25, -0.2) is 8.78 Å². The first kappa shape index (κ1) is 11.7. The maximum atomic E-state index is 13.5. The molecule has 2 heterocycles. The van der Waals surface area contributed by atoms with Crippen molar-refractivity contribution in [2.24, 2.45) is 0 Å². The van der Waals surface area contributed by atoms with Gasteiger partial charge in [-0.05, 0) is 25.0 Å². The number of amides is 1. The molecule has 0 N–H and O–H groups in total. The minimum atomic E-state index is -2.62. The van der Waals surface area contributed by atoms with E-state index in [4.69, 9.17) is 0 Å². The number of carbonyl (C=O) groups excluding carboxylic acids is 1. The quantitative estimate of drug-likeness (QED) is 0.753. The third-order valence-corrected chi connectivity index (χ3v) is 3.97. The molecule has 0 fully saturated rings. The highest BCUT2D eigenvalue weighted by molar-refractivity contribution is 5.94. The van der Waals surface area contributed by atoms with Crippen LogP contribution in [0.3, 0.4) is 0 Å². The number of rotatable bonds is 1. The third kappa shape index (κ3) is 1.64. The van der Waals surface area contributed by atoms with Crippen LogP contribution < -0.4 is 0 Å². The Morgan fingerprint density at radius 2 is 2.17 bits per heavy atom. The van der Waals surface area contributed by atoms with Crippen molar-refractivity contribution >= 4 is 5.91 Å². The summed E-state index contributed by atoms with van der Waals surface area (Å²) < 4.78 is 28.7. The molecule has 98 valence electrons. The van der Waals surface area contributed by atoms with E-state index in [0.29, 0.717) is 37.4 Å². The van der Waals surface area contributed by atoms with Crippen molar-refractivity contribution in [3.63, 3.8) is 0 Å². The first-order valence-corrected chi connectivity index (χ1v) is 6.40. The second-order valence-corrected chi connectivity index (χ2v) is 5.07. The van der Waals surface area contributed by atoms with Gasteiger partial charge in [0.15, 0.2) is 0 Å². The van der Waals surface area contributed by atoms with Crippen molar-refractivity contribution in [2.45, 2.75) is 38.7 Å². The summed E-state index contributed by atoms with van der Waals surface area (Å²) in [5.74, 6) is -2.64. The smallest absolute Gasteiger partial charge is 0.270 e. The first-order valence-electron chi connectivity index (χ1n) is 6.40. The summed E-state index contributed by atoms with van der Waals surface area (Å²) in [5.41, 5.74) is 2.19. The molecular formula is C13H16F2N2O. The van der Waals surface area contributed by atoms with E-state index in [0.717, 1.165) is 5.56 Å². The minimum Gasteiger partial charge on any atom is -0.338 e. The van der Waals surface area contributed by atoms with E-state index in [-0.39, 0.29) is 18.7 Å². The number of halogens is 2. The van der Waals surface area contributed by atoms with Crippen LogP contribution in [0.4, 0.5) is 8.78 Å². The van der Waals surface area contributed by atoms with Crippen LogP contribution in [0.5, 0.6) is 0 Å². The van der Waals surface area contributed by atoms with Gasteiger partial charge >= 0.3 is 0 Å². The van der Waals surface area contributed by atoms with Gasteiger partial charge in [0.05, 0.1) is 6.42 Å². The molecule has 2 aliphatic rings. The molecule has 1 aliphatic carbocycles. The lowest BCUT2D eigenvalue weighted by molar-refractivity contribution is -0.0143. The Morgan fingerprint density at radius 3 is 2.89 bits per heavy atom. The number of aryl methyl sites for hydroxylation is 1. The molecule has 0 saturated carbocycles. The number of alkyl halides is 2. The van der Waals surface area contributed by atoms with Gasteiger partial charge in [-0.15, -0.1) is 0 Å². The summed E-state index contributed by atoms with van der Waals surface area (Å²) in [6.07, 6.45) is 0.0542. The molecule has 1 aromatic heterocycles. The first-order chi connectivity index (χ1) is 8.52. The SMILES string of the molecule is CCN1CCn2c(cc3c2CC(F)(F)CC3)C1=O. The van der Waals surface area contributed by atoms with Gasteiger partial charge < -0.3 is 9.47 Å². The van der Waals surface area contributed by atoms with Crippen LogP contribution in [0.2, 0.25) is 0 Å². The van der Waals surface area contributed by atoms with E-state index < -0.39 is 5.92 Å². The Balaban J connectivity index is 2.03. The summed E-state index contributed by atoms with van der Waals surface area (Å²) in [4.78, 5) is 13.9.